The summed E-state index contributed by atoms with van der Waals surface area (Å²) in [5.74, 6) is 0.853. The first kappa shape index (κ1) is 18.8. The Morgan fingerprint density at radius 1 is 0.963 bits per heavy atom. The number of hydrogen-bond donors (Lipinski definition) is 0. The minimum atomic E-state index is -3.39. The lowest BCUT2D eigenvalue weighted by Crippen LogP contribution is -2.31. The number of pyridine rings is 1. The Labute approximate surface area is 164 Å². The topological polar surface area (TPSA) is 69.6 Å². The lowest BCUT2D eigenvalue weighted by atomic mass is 10.3. The molecule has 2 aromatic rings. The zero-order valence-corrected chi connectivity index (χ0v) is 17.0. The molecule has 2 aliphatic rings. The van der Waals surface area contributed by atoms with Gasteiger partial charge < -0.3 is 4.90 Å². The number of aromatic nitrogens is 2. The standard InChI is InChI=1S/C18H25N5O2S2/c24-27(25,23-8-1-2-9-23)17-4-5-18(19-12-17)22-7-3-6-21(10-11-22)13-16-14-26-15-20-16/h4-5,12,14-15H,1-3,6-11,13H2. The van der Waals surface area contributed by atoms with Crippen molar-refractivity contribution in [3.05, 3.63) is 34.9 Å². The minimum absolute atomic E-state index is 0.299. The predicted octanol–water partition coefficient (Wildman–Crippen LogP) is 2.03. The molecule has 0 spiro atoms. The van der Waals surface area contributed by atoms with Crippen LogP contribution in [0.4, 0.5) is 5.82 Å². The van der Waals surface area contributed by atoms with Crippen molar-refractivity contribution in [3.63, 3.8) is 0 Å². The molecule has 27 heavy (non-hydrogen) atoms. The van der Waals surface area contributed by atoms with E-state index in [0.29, 0.717) is 18.0 Å². The Morgan fingerprint density at radius 3 is 2.52 bits per heavy atom. The Balaban J connectivity index is 1.40. The average Bonchev–Trinajstić information content (AvgIpc) is 3.34. The maximum atomic E-state index is 12.6. The van der Waals surface area contributed by atoms with Gasteiger partial charge in [0, 0.05) is 57.4 Å². The highest BCUT2D eigenvalue weighted by Gasteiger charge is 2.27. The van der Waals surface area contributed by atoms with E-state index < -0.39 is 10.0 Å². The molecule has 0 bridgehead atoms. The summed E-state index contributed by atoms with van der Waals surface area (Å²) in [5, 5.41) is 2.10. The molecule has 2 aliphatic heterocycles. The molecule has 0 unspecified atom stereocenters. The third-order valence-electron chi connectivity index (χ3n) is 5.21. The number of sulfonamides is 1. The van der Waals surface area contributed by atoms with Crippen molar-refractivity contribution in [1.29, 1.82) is 0 Å². The quantitative estimate of drug-likeness (QED) is 0.755. The van der Waals surface area contributed by atoms with Crippen molar-refractivity contribution in [2.45, 2.75) is 30.7 Å². The highest BCUT2D eigenvalue weighted by atomic mass is 32.2. The van der Waals surface area contributed by atoms with E-state index in [4.69, 9.17) is 0 Å². The highest BCUT2D eigenvalue weighted by molar-refractivity contribution is 7.89. The van der Waals surface area contributed by atoms with Gasteiger partial charge >= 0.3 is 0 Å². The molecule has 2 aromatic heterocycles. The van der Waals surface area contributed by atoms with Crippen molar-refractivity contribution in [2.24, 2.45) is 0 Å². The van der Waals surface area contributed by atoms with E-state index in [1.54, 1.807) is 21.7 Å². The minimum Gasteiger partial charge on any atom is -0.355 e. The molecule has 0 saturated carbocycles. The molecular formula is C18H25N5O2S2. The summed E-state index contributed by atoms with van der Waals surface area (Å²) in [6.07, 6.45) is 4.45. The zero-order valence-electron chi connectivity index (χ0n) is 15.3. The number of hydrogen-bond acceptors (Lipinski definition) is 7. The molecule has 0 amide bonds. The molecule has 2 fully saturated rings. The Morgan fingerprint density at radius 2 is 1.81 bits per heavy atom. The Hall–Kier alpha value is -1.55. The van der Waals surface area contributed by atoms with Gasteiger partial charge in [0.2, 0.25) is 10.0 Å². The summed E-state index contributed by atoms with van der Waals surface area (Å²) < 4.78 is 26.8. The van der Waals surface area contributed by atoms with E-state index in [-0.39, 0.29) is 0 Å². The predicted molar refractivity (Wildman–Crippen MR) is 106 cm³/mol. The van der Waals surface area contributed by atoms with Gasteiger partial charge in [0.25, 0.3) is 0 Å². The van der Waals surface area contributed by atoms with Crippen LogP contribution >= 0.6 is 11.3 Å². The SMILES string of the molecule is O=S(=O)(c1ccc(N2CCCN(Cc3cscn3)CC2)nc1)N1CCCC1. The van der Waals surface area contributed by atoms with Gasteiger partial charge in [-0.25, -0.2) is 18.4 Å². The molecule has 0 aliphatic carbocycles. The first-order valence-electron chi connectivity index (χ1n) is 9.43. The molecular weight excluding hydrogens is 382 g/mol. The second-order valence-corrected chi connectivity index (χ2v) is 9.72. The lowest BCUT2D eigenvalue weighted by molar-refractivity contribution is 0.282. The normalized spacial score (nSPS) is 20.1. The largest absolute Gasteiger partial charge is 0.355 e. The van der Waals surface area contributed by atoms with Crippen LogP contribution in [-0.2, 0) is 16.6 Å². The molecule has 0 aromatic carbocycles. The van der Waals surface area contributed by atoms with Crippen LogP contribution in [0, 0.1) is 0 Å². The average molecular weight is 408 g/mol. The second-order valence-electron chi connectivity index (χ2n) is 7.06. The molecule has 146 valence electrons. The molecule has 0 radical (unpaired) electrons. The third-order valence-corrected chi connectivity index (χ3v) is 7.72. The number of nitrogens with zero attached hydrogens (tertiary/aromatic N) is 5. The summed E-state index contributed by atoms with van der Waals surface area (Å²) in [6, 6.07) is 3.55. The molecule has 4 heterocycles. The monoisotopic (exact) mass is 407 g/mol. The van der Waals surface area contributed by atoms with Gasteiger partial charge in [-0.2, -0.15) is 4.31 Å². The molecule has 0 atom stereocenters. The summed E-state index contributed by atoms with van der Waals surface area (Å²) in [7, 11) is -3.39. The summed E-state index contributed by atoms with van der Waals surface area (Å²) in [4.78, 5) is 13.8. The highest BCUT2D eigenvalue weighted by Crippen LogP contribution is 2.22. The molecule has 7 nitrogen and oxygen atoms in total. The van der Waals surface area contributed by atoms with Crippen molar-refractivity contribution in [2.75, 3.05) is 44.2 Å². The molecule has 4 rings (SSSR count). The lowest BCUT2D eigenvalue weighted by Gasteiger charge is -2.23. The van der Waals surface area contributed by atoms with Crippen molar-refractivity contribution in [3.8, 4) is 0 Å². The van der Waals surface area contributed by atoms with Crippen LogP contribution in [-0.4, -0.2) is 66.9 Å². The third kappa shape index (κ3) is 4.31. The van der Waals surface area contributed by atoms with Gasteiger partial charge in [0.05, 0.1) is 11.2 Å². The van der Waals surface area contributed by atoms with Crippen LogP contribution in [0.15, 0.2) is 34.1 Å². The van der Waals surface area contributed by atoms with E-state index in [2.05, 4.69) is 25.1 Å². The second kappa shape index (κ2) is 8.22. The van der Waals surface area contributed by atoms with E-state index in [0.717, 1.165) is 63.5 Å². The smallest absolute Gasteiger partial charge is 0.244 e. The van der Waals surface area contributed by atoms with Crippen molar-refractivity contribution < 1.29 is 8.42 Å². The van der Waals surface area contributed by atoms with Gasteiger partial charge in [0.1, 0.15) is 10.7 Å². The van der Waals surface area contributed by atoms with Crippen LogP contribution in [0.5, 0.6) is 0 Å². The van der Waals surface area contributed by atoms with Gasteiger partial charge in [-0.1, -0.05) is 0 Å². The maximum absolute atomic E-state index is 12.6. The van der Waals surface area contributed by atoms with Gasteiger partial charge in [0.15, 0.2) is 0 Å². The van der Waals surface area contributed by atoms with Crippen LogP contribution in [0.2, 0.25) is 0 Å². The van der Waals surface area contributed by atoms with Crippen molar-refractivity contribution in [1.82, 2.24) is 19.2 Å². The Bertz CT molecular complexity index is 833. The number of rotatable bonds is 5. The number of anilines is 1. The molecule has 9 heteroatoms. The summed E-state index contributed by atoms with van der Waals surface area (Å²) in [5.41, 5.74) is 3.00. The van der Waals surface area contributed by atoms with Crippen LogP contribution < -0.4 is 4.90 Å². The van der Waals surface area contributed by atoms with Crippen LogP contribution in [0.25, 0.3) is 0 Å². The fourth-order valence-electron chi connectivity index (χ4n) is 3.69. The Kier molecular flexibility index (Phi) is 5.72. The fourth-order valence-corrected chi connectivity index (χ4v) is 5.71. The van der Waals surface area contributed by atoms with Crippen LogP contribution in [0.3, 0.4) is 0 Å². The molecule has 2 saturated heterocycles. The fraction of sp³-hybridized carbons (Fsp3) is 0.556. The van der Waals surface area contributed by atoms with E-state index in [9.17, 15) is 8.42 Å². The van der Waals surface area contributed by atoms with Crippen LogP contribution in [0.1, 0.15) is 25.0 Å². The van der Waals surface area contributed by atoms with E-state index in [1.165, 1.54) is 6.20 Å². The van der Waals surface area contributed by atoms with E-state index >= 15 is 0 Å². The zero-order chi connectivity index (χ0) is 18.7. The van der Waals surface area contributed by atoms with E-state index in [1.807, 2.05) is 11.6 Å². The van der Waals surface area contributed by atoms with Gasteiger partial charge in [-0.3, -0.25) is 4.90 Å². The summed E-state index contributed by atoms with van der Waals surface area (Å²) in [6.45, 7) is 5.92. The first-order valence-corrected chi connectivity index (χ1v) is 11.8. The van der Waals surface area contributed by atoms with Gasteiger partial charge in [-0.15, -0.1) is 11.3 Å². The summed E-state index contributed by atoms with van der Waals surface area (Å²) >= 11 is 1.63. The molecule has 0 N–H and O–H groups in total. The first-order chi connectivity index (χ1) is 13.1. The maximum Gasteiger partial charge on any atom is 0.244 e. The van der Waals surface area contributed by atoms with Crippen molar-refractivity contribution >= 4 is 27.2 Å². The van der Waals surface area contributed by atoms with Gasteiger partial charge in [-0.05, 0) is 31.4 Å². The number of thiazole rings is 1.